The summed E-state index contributed by atoms with van der Waals surface area (Å²) >= 11 is 0. The number of hydrazine groups is 1. The number of hydrogen-bond acceptors (Lipinski definition) is 5. The van der Waals surface area contributed by atoms with Crippen molar-refractivity contribution in [3.05, 3.63) is 23.7 Å². The summed E-state index contributed by atoms with van der Waals surface area (Å²) in [5.74, 6) is 4.56. The number of rotatable bonds is 5. The molecule has 8 heteroatoms. The van der Waals surface area contributed by atoms with Crippen molar-refractivity contribution in [1.29, 1.82) is 0 Å². The maximum Gasteiger partial charge on any atom is 0.325 e. The highest BCUT2D eigenvalue weighted by atomic mass is 16.3. The lowest BCUT2D eigenvalue weighted by Gasteiger charge is -2.10. The molecule has 1 unspecified atom stereocenters. The van der Waals surface area contributed by atoms with Gasteiger partial charge in [-0.25, -0.2) is 10.6 Å². The van der Waals surface area contributed by atoms with E-state index in [0.29, 0.717) is 12.2 Å². The van der Waals surface area contributed by atoms with Crippen molar-refractivity contribution in [1.82, 2.24) is 15.6 Å². The quantitative estimate of drug-likeness (QED) is 0.306. The van der Waals surface area contributed by atoms with Gasteiger partial charge in [0.15, 0.2) is 0 Å². The number of nitrogens with two attached hydrogens (primary N) is 1. The molecule has 20 heavy (non-hydrogen) atoms. The molecule has 0 bridgehead atoms. The van der Waals surface area contributed by atoms with Gasteiger partial charge >= 0.3 is 6.03 Å². The van der Waals surface area contributed by atoms with E-state index in [4.69, 9.17) is 10.3 Å². The van der Waals surface area contributed by atoms with Crippen LogP contribution in [-0.4, -0.2) is 28.8 Å². The summed E-state index contributed by atoms with van der Waals surface area (Å²) in [4.78, 5) is 36.1. The van der Waals surface area contributed by atoms with Crippen LogP contribution in [0.25, 0.3) is 0 Å². The van der Waals surface area contributed by atoms with Gasteiger partial charge in [-0.1, -0.05) is 13.3 Å². The molecule has 108 valence electrons. The van der Waals surface area contributed by atoms with Crippen LogP contribution in [0.1, 0.15) is 35.9 Å². The number of urea groups is 1. The molecule has 0 aromatic carbocycles. The molecule has 0 spiro atoms. The summed E-state index contributed by atoms with van der Waals surface area (Å²) in [6.07, 6.45) is 2.62. The van der Waals surface area contributed by atoms with Gasteiger partial charge in [-0.2, -0.15) is 0 Å². The molecule has 2 rings (SSSR count). The number of amides is 4. The zero-order chi connectivity index (χ0) is 14.7. The first-order valence-corrected chi connectivity index (χ1v) is 6.27. The minimum absolute atomic E-state index is 0.0112. The molecule has 1 aromatic rings. The van der Waals surface area contributed by atoms with Crippen LogP contribution in [0.5, 0.6) is 0 Å². The largest absolute Gasteiger partial charge is 0.467 e. The van der Waals surface area contributed by atoms with Gasteiger partial charge in [0.1, 0.15) is 18.1 Å². The third kappa shape index (κ3) is 2.64. The topological polar surface area (TPSA) is 118 Å². The Labute approximate surface area is 115 Å². The number of nitrogen functional groups attached to an aromatic ring is 1. The van der Waals surface area contributed by atoms with E-state index in [1.165, 1.54) is 12.3 Å². The van der Waals surface area contributed by atoms with Crippen LogP contribution in [0.4, 0.5) is 4.79 Å². The summed E-state index contributed by atoms with van der Waals surface area (Å²) in [7, 11) is 0. The van der Waals surface area contributed by atoms with Gasteiger partial charge in [-0.05, 0) is 12.5 Å². The van der Waals surface area contributed by atoms with Gasteiger partial charge < -0.3 is 9.73 Å². The highest BCUT2D eigenvalue weighted by Crippen LogP contribution is 2.16. The van der Waals surface area contributed by atoms with Crippen LogP contribution in [0.3, 0.4) is 0 Å². The van der Waals surface area contributed by atoms with Crippen molar-refractivity contribution in [2.75, 3.05) is 0 Å². The monoisotopic (exact) mass is 280 g/mol. The predicted octanol–water partition coefficient (Wildman–Crippen LogP) is 0.104. The van der Waals surface area contributed by atoms with Crippen molar-refractivity contribution in [3.63, 3.8) is 0 Å². The first-order chi connectivity index (χ1) is 9.56. The predicted molar refractivity (Wildman–Crippen MR) is 68.1 cm³/mol. The molecule has 0 radical (unpaired) electrons. The summed E-state index contributed by atoms with van der Waals surface area (Å²) in [6.45, 7) is 1.93. The normalized spacial score (nSPS) is 18.3. The van der Waals surface area contributed by atoms with E-state index in [0.717, 1.165) is 11.3 Å². The Hall–Kier alpha value is -2.35. The molecule has 2 heterocycles. The average Bonchev–Trinajstić information content (AvgIpc) is 2.99. The van der Waals surface area contributed by atoms with E-state index in [9.17, 15) is 14.4 Å². The van der Waals surface area contributed by atoms with Gasteiger partial charge in [0, 0.05) is 0 Å². The van der Waals surface area contributed by atoms with Crippen molar-refractivity contribution in [3.8, 4) is 0 Å². The van der Waals surface area contributed by atoms with Gasteiger partial charge in [-0.15, -0.1) is 0 Å². The van der Waals surface area contributed by atoms with Crippen molar-refractivity contribution in [2.45, 2.75) is 32.4 Å². The third-order valence-electron chi connectivity index (χ3n) is 3.05. The highest BCUT2D eigenvalue weighted by Gasteiger charge is 2.37. The molecule has 1 aromatic heterocycles. The Morgan fingerprint density at radius 3 is 2.95 bits per heavy atom. The molecule has 1 fully saturated rings. The smallest absolute Gasteiger partial charge is 0.325 e. The number of carbonyl (C=O) groups excluding carboxylic acids is 3. The van der Waals surface area contributed by atoms with Gasteiger partial charge in [0.25, 0.3) is 11.8 Å². The van der Waals surface area contributed by atoms with Crippen molar-refractivity contribution < 1.29 is 18.8 Å². The molecule has 1 aliphatic heterocycles. The van der Waals surface area contributed by atoms with E-state index in [-0.39, 0.29) is 18.0 Å². The minimum atomic E-state index is -0.499. The molecule has 1 saturated heterocycles. The first kappa shape index (κ1) is 14.1. The lowest BCUT2D eigenvalue weighted by Crippen LogP contribution is -2.31. The van der Waals surface area contributed by atoms with Crippen LogP contribution in [0, 0.1) is 0 Å². The zero-order valence-electron chi connectivity index (χ0n) is 11.0. The van der Waals surface area contributed by atoms with E-state index < -0.39 is 18.0 Å². The molecule has 4 amide bonds. The van der Waals surface area contributed by atoms with Crippen molar-refractivity contribution >= 4 is 17.8 Å². The molecule has 4 N–H and O–H groups in total. The lowest BCUT2D eigenvalue weighted by molar-refractivity contribution is -0.128. The number of carbonyl (C=O) groups is 3. The van der Waals surface area contributed by atoms with Crippen LogP contribution in [0.2, 0.25) is 0 Å². The van der Waals surface area contributed by atoms with Crippen LogP contribution in [-0.2, 0) is 11.3 Å². The molecule has 1 atom stereocenters. The summed E-state index contributed by atoms with van der Waals surface area (Å²) in [5.41, 5.74) is 2.21. The SMILES string of the molecule is CCCC1NC(=O)N(Cc2cc(C(=O)NN)co2)C1=O. The number of nitrogens with zero attached hydrogens (tertiary/aromatic N) is 1. The Morgan fingerprint density at radius 1 is 1.55 bits per heavy atom. The van der Waals surface area contributed by atoms with Crippen LogP contribution in [0.15, 0.2) is 16.7 Å². The third-order valence-corrected chi connectivity index (χ3v) is 3.05. The molecule has 0 aliphatic carbocycles. The van der Waals surface area contributed by atoms with Gasteiger partial charge in [0.05, 0.1) is 12.1 Å². The number of furan rings is 1. The van der Waals surface area contributed by atoms with E-state index >= 15 is 0 Å². The number of imide groups is 1. The molecule has 8 nitrogen and oxygen atoms in total. The van der Waals surface area contributed by atoms with Gasteiger partial charge in [-0.3, -0.25) is 19.9 Å². The van der Waals surface area contributed by atoms with Crippen LogP contribution < -0.4 is 16.6 Å². The molecular formula is C12H16N4O4. The fourth-order valence-electron chi connectivity index (χ4n) is 2.03. The second-order valence-corrected chi connectivity index (χ2v) is 4.49. The second kappa shape index (κ2) is 5.74. The molecular weight excluding hydrogens is 264 g/mol. The summed E-state index contributed by atoms with van der Waals surface area (Å²) < 4.78 is 5.15. The molecule has 0 saturated carbocycles. The van der Waals surface area contributed by atoms with Gasteiger partial charge in [0.2, 0.25) is 0 Å². The molecule has 1 aliphatic rings. The maximum absolute atomic E-state index is 12.0. The van der Waals surface area contributed by atoms with E-state index in [2.05, 4.69) is 5.32 Å². The lowest BCUT2D eigenvalue weighted by atomic mass is 10.1. The number of nitrogens with one attached hydrogen (secondary N) is 2. The summed E-state index contributed by atoms with van der Waals surface area (Å²) in [6, 6.07) is 0.513. The minimum Gasteiger partial charge on any atom is -0.467 e. The Balaban J connectivity index is 2.06. The van der Waals surface area contributed by atoms with Crippen LogP contribution >= 0.6 is 0 Å². The number of hydrogen-bond donors (Lipinski definition) is 3. The fourth-order valence-corrected chi connectivity index (χ4v) is 2.03. The maximum atomic E-state index is 12.0. The van der Waals surface area contributed by atoms with Crippen molar-refractivity contribution in [2.24, 2.45) is 5.84 Å². The average molecular weight is 280 g/mol. The highest BCUT2D eigenvalue weighted by molar-refractivity contribution is 6.04. The fraction of sp³-hybridized carbons (Fsp3) is 0.417. The summed E-state index contributed by atoms with van der Waals surface area (Å²) in [5, 5.41) is 2.61. The standard InChI is InChI=1S/C12H16N4O4/c1-2-3-9-11(18)16(12(19)14-9)5-8-4-7(6-20-8)10(17)15-13/h4,6,9H,2-3,5,13H2,1H3,(H,14,19)(H,15,17). The Bertz CT molecular complexity index is 539. The first-order valence-electron chi connectivity index (χ1n) is 6.27. The van der Waals surface area contributed by atoms with E-state index in [1.807, 2.05) is 12.3 Å². The Kier molecular flexibility index (Phi) is 4.04. The second-order valence-electron chi connectivity index (χ2n) is 4.49. The van der Waals surface area contributed by atoms with E-state index in [1.54, 1.807) is 0 Å². The zero-order valence-corrected chi connectivity index (χ0v) is 11.0. The Morgan fingerprint density at radius 2 is 2.30 bits per heavy atom.